The highest BCUT2D eigenvalue weighted by molar-refractivity contribution is 5.87. The zero-order chi connectivity index (χ0) is 16.7. The van der Waals surface area contributed by atoms with Crippen LogP contribution in [0.15, 0.2) is 66.7 Å². The topological polar surface area (TPSA) is 69.9 Å². The van der Waals surface area contributed by atoms with Crippen LogP contribution in [0.4, 0.5) is 0 Å². The fourth-order valence-electron chi connectivity index (χ4n) is 2.73. The number of benzene rings is 4. The smallest absolute Gasteiger partial charge is 0.158 e. The second kappa shape index (κ2) is 5.35. The molecule has 0 unspecified atom stereocenters. The van der Waals surface area contributed by atoms with E-state index in [2.05, 4.69) is 0 Å². The molecule has 4 nitrogen and oxygen atoms in total. The first kappa shape index (κ1) is 14.2. The first-order valence-corrected chi connectivity index (χ1v) is 7.45. The monoisotopic (exact) mass is 318 g/mol. The molecule has 4 rings (SSSR count). The molecule has 0 saturated heterocycles. The van der Waals surface area contributed by atoms with E-state index in [4.69, 9.17) is 4.74 Å². The van der Waals surface area contributed by atoms with E-state index in [-0.39, 0.29) is 17.2 Å². The maximum atomic E-state index is 9.63. The summed E-state index contributed by atoms with van der Waals surface area (Å²) < 4.78 is 5.89. The number of phenols is 3. The Morgan fingerprint density at radius 1 is 0.500 bits per heavy atom. The molecule has 0 bridgehead atoms. The Kier molecular flexibility index (Phi) is 3.17. The second-order valence-electron chi connectivity index (χ2n) is 5.65. The molecule has 4 aromatic carbocycles. The lowest BCUT2D eigenvalue weighted by atomic mass is 10.1. The molecule has 0 amide bonds. The second-order valence-corrected chi connectivity index (χ2v) is 5.65. The Bertz CT molecular complexity index is 1070. The van der Waals surface area contributed by atoms with Gasteiger partial charge in [0.1, 0.15) is 17.2 Å². The van der Waals surface area contributed by atoms with Crippen LogP contribution in [0, 0.1) is 0 Å². The summed E-state index contributed by atoms with van der Waals surface area (Å²) >= 11 is 0. The van der Waals surface area contributed by atoms with Crippen molar-refractivity contribution in [3.8, 4) is 28.7 Å². The molecule has 0 aliphatic heterocycles. The van der Waals surface area contributed by atoms with Crippen molar-refractivity contribution in [2.75, 3.05) is 0 Å². The van der Waals surface area contributed by atoms with E-state index in [1.54, 1.807) is 24.3 Å². The molecule has 0 radical (unpaired) electrons. The Balaban J connectivity index is 1.70. The minimum absolute atomic E-state index is 0.144. The average Bonchev–Trinajstić information content (AvgIpc) is 2.56. The largest absolute Gasteiger partial charge is 0.508 e. The number of hydrogen-bond acceptors (Lipinski definition) is 4. The zero-order valence-corrected chi connectivity index (χ0v) is 12.6. The molecular formula is C20H14O4. The van der Waals surface area contributed by atoms with Gasteiger partial charge >= 0.3 is 0 Å². The number of hydrogen-bond donors (Lipinski definition) is 3. The van der Waals surface area contributed by atoms with Gasteiger partial charge in [0.05, 0.1) is 0 Å². The van der Waals surface area contributed by atoms with Gasteiger partial charge in [-0.2, -0.15) is 0 Å². The molecular weight excluding hydrogens is 304 g/mol. The number of ether oxygens (including phenoxy) is 1. The highest BCUT2D eigenvalue weighted by Gasteiger charge is 2.05. The summed E-state index contributed by atoms with van der Waals surface area (Å²) in [4.78, 5) is 0. The lowest BCUT2D eigenvalue weighted by Crippen LogP contribution is -1.85. The lowest BCUT2D eigenvalue weighted by Gasteiger charge is -2.09. The molecule has 118 valence electrons. The van der Waals surface area contributed by atoms with Crippen LogP contribution in [0.5, 0.6) is 28.7 Å². The van der Waals surface area contributed by atoms with Crippen molar-refractivity contribution in [1.29, 1.82) is 0 Å². The van der Waals surface area contributed by atoms with E-state index >= 15 is 0 Å². The first-order valence-electron chi connectivity index (χ1n) is 7.45. The van der Waals surface area contributed by atoms with Gasteiger partial charge in [0.25, 0.3) is 0 Å². The first-order chi connectivity index (χ1) is 11.6. The highest BCUT2D eigenvalue weighted by Crippen LogP contribution is 2.34. The minimum atomic E-state index is -0.162. The highest BCUT2D eigenvalue weighted by atomic mass is 16.5. The van der Waals surface area contributed by atoms with Crippen LogP contribution < -0.4 is 4.74 Å². The summed E-state index contributed by atoms with van der Waals surface area (Å²) in [6.07, 6.45) is 0. The van der Waals surface area contributed by atoms with Gasteiger partial charge in [0.2, 0.25) is 0 Å². The fourth-order valence-corrected chi connectivity index (χ4v) is 2.73. The molecule has 0 atom stereocenters. The number of phenolic OH excluding ortho intramolecular Hbond substituents is 3. The maximum Gasteiger partial charge on any atom is 0.158 e. The van der Waals surface area contributed by atoms with Gasteiger partial charge in [-0.3, -0.25) is 0 Å². The van der Waals surface area contributed by atoms with Crippen molar-refractivity contribution in [1.82, 2.24) is 0 Å². The lowest BCUT2D eigenvalue weighted by molar-refractivity contribution is 0.405. The van der Waals surface area contributed by atoms with Crippen molar-refractivity contribution in [3.05, 3.63) is 66.7 Å². The van der Waals surface area contributed by atoms with E-state index in [0.717, 1.165) is 21.5 Å². The van der Waals surface area contributed by atoms with Crippen molar-refractivity contribution in [2.45, 2.75) is 0 Å². The van der Waals surface area contributed by atoms with Gasteiger partial charge in [-0.25, -0.2) is 0 Å². The van der Waals surface area contributed by atoms with Crippen LogP contribution in [-0.2, 0) is 0 Å². The third-order valence-electron chi connectivity index (χ3n) is 3.94. The predicted octanol–water partition coefficient (Wildman–Crippen LogP) is 4.90. The standard InChI is InChI=1S/C20H14O4/c21-16-4-1-13-8-17(5-2-12(13)7-16)24-18-6-3-14-10-19(22)20(23)11-15(14)9-18/h1-11,21-23H. The maximum absolute atomic E-state index is 9.63. The molecule has 0 aromatic heterocycles. The molecule has 0 heterocycles. The van der Waals surface area contributed by atoms with Gasteiger partial charge in [-0.15, -0.1) is 0 Å². The summed E-state index contributed by atoms with van der Waals surface area (Å²) in [6.45, 7) is 0. The molecule has 3 N–H and O–H groups in total. The van der Waals surface area contributed by atoms with E-state index in [0.29, 0.717) is 11.5 Å². The minimum Gasteiger partial charge on any atom is -0.508 e. The van der Waals surface area contributed by atoms with Crippen LogP contribution in [0.25, 0.3) is 21.5 Å². The van der Waals surface area contributed by atoms with Crippen LogP contribution in [0.2, 0.25) is 0 Å². The number of rotatable bonds is 2. The van der Waals surface area contributed by atoms with E-state index in [9.17, 15) is 15.3 Å². The summed E-state index contributed by atoms with van der Waals surface area (Å²) in [5, 5.41) is 32.2. The van der Waals surface area contributed by atoms with Crippen LogP contribution >= 0.6 is 0 Å². The van der Waals surface area contributed by atoms with Gasteiger partial charge in [-0.1, -0.05) is 18.2 Å². The Morgan fingerprint density at radius 2 is 1.00 bits per heavy atom. The summed E-state index contributed by atoms with van der Waals surface area (Å²) in [5.74, 6) is 1.23. The quantitative estimate of drug-likeness (QED) is 0.460. The van der Waals surface area contributed by atoms with Crippen LogP contribution in [-0.4, -0.2) is 15.3 Å². The van der Waals surface area contributed by atoms with Crippen molar-refractivity contribution in [2.24, 2.45) is 0 Å². The van der Waals surface area contributed by atoms with Gasteiger partial charge in [0.15, 0.2) is 11.5 Å². The summed E-state index contributed by atoms with van der Waals surface area (Å²) in [6, 6.07) is 19.2. The van der Waals surface area contributed by atoms with Gasteiger partial charge in [-0.05, 0) is 70.1 Å². The molecule has 0 fully saturated rings. The number of aromatic hydroxyl groups is 3. The molecule has 24 heavy (non-hydrogen) atoms. The normalized spacial score (nSPS) is 11.0. The summed E-state index contributed by atoms with van der Waals surface area (Å²) in [5.41, 5.74) is 0. The van der Waals surface area contributed by atoms with Crippen molar-refractivity contribution in [3.63, 3.8) is 0 Å². The molecule has 4 aromatic rings. The van der Waals surface area contributed by atoms with Crippen molar-refractivity contribution < 1.29 is 20.1 Å². The van der Waals surface area contributed by atoms with E-state index in [1.807, 2.05) is 30.3 Å². The van der Waals surface area contributed by atoms with Crippen LogP contribution in [0.3, 0.4) is 0 Å². The van der Waals surface area contributed by atoms with Gasteiger partial charge < -0.3 is 20.1 Å². The predicted molar refractivity (Wildman–Crippen MR) is 93.0 cm³/mol. The average molecular weight is 318 g/mol. The summed E-state index contributed by atoms with van der Waals surface area (Å²) in [7, 11) is 0. The molecule has 0 aliphatic rings. The third kappa shape index (κ3) is 2.54. The molecule has 4 heteroatoms. The number of fused-ring (bicyclic) bond motifs is 2. The third-order valence-corrected chi connectivity index (χ3v) is 3.94. The van der Waals surface area contributed by atoms with E-state index in [1.165, 1.54) is 12.1 Å². The Morgan fingerprint density at radius 3 is 1.71 bits per heavy atom. The fraction of sp³-hybridized carbons (Fsp3) is 0. The van der Waals surface area contributed by atoms with E-state index < -0.39 is 0 Å². The molecule has 0 saturated carbocycles. The molecule has 0 spiro atoms. The van der Waals surface area contributed by atoms with Crippen molar-refractivity contribution >= 4 is 21.5 Å². The zero-order valence-electron chi connectivity index (χ0n) is 12.6. The van der Waals surface area contributed by atoms with Gasteiger partial charge in [0, 0.05) is 0 Å². The molecule has 0 aliphatic carbocycles. The SMILES string of the molecule is Oc1ccc2cc(Oc3ccc4cc(O)c(O)cc4c3)ccc2c1. The Hall–Kier alpha value is -3.40. The van der Waals surface area contributed by atoms with Crippen LogP contribution in [0.1, 0.15) is 0 Å². The Labute approximate surface area is 137 Å².